The summed E-state index contributed by atoms with van der Waals surface area (Å²) in [6, 6.07) is 6.71. The van der Waals surface area contributed by atoms with Gasteiger partial charge >= 0.3 is 0 Å². The Morgan fingerprint density at radius 3 is 2.29 bits per heavy atom. The second-order valence-electron chi connectivity index (χ2n) is 3.58. The van der Waals surface area contributed by atoms with Crippen LogP contribution in [0.5, 0.6) is 0 Å². The van der Waals surface area contributed by atoms with Crippen molar-refractivity contribution >= 4 is 32.6 Å². The van der Waals surface area contributed by atoms with Crippen molar-refractivity contribution in [3.8, 4) is 0 Å². The van der Waals surface area contributed by atoms with E-state index in [2.05, 4.69) is 22.6 Å². The normalized spacial score (nSPS) is 12.0. The van der Waals surface area contributed by atoms with Gasteiger partial charge in [-0.3, -0.25) is 0 Å². The van der Waals surface area contributed by atoms with Crippen LogP contribution in [0.1, 0.15) is 13.3 Å². The molecule has 6 heteroatoms. The Balaban J connectivity index is 3.02. The van der Waals surface area contributed by atoms with Gasteiger partial charge in [0.25, 0.3) is 0 Å². The van der Waals surface area contributed by atoms with Crippen molar-refractivity contribution < 1.29 is 13.5 Å². The Hall–Kier alpha value is -0.180. The molecule has 1 N–H and O–H groups in total. The van der Waals surface area contributed by atoms with Crippen molar-refractivity contribution in [3.05, 3.63) is 27.8 Å². The van der Waals surface area contributed by atoms with E-state index in [1.54, 1.807) is 24.3 Å². The van der Waals surface area contributed by atoms with Crippen LogP contribution in [0.4, 0.5) is 0 Å². The summed E-state index contributed by atoms with van der Waals surface area (Å²) in [4.78, 5) is 0.278. The van der Waals surface area contributed by atoms with Crippen LogP contribution in [0.3, 0.4) is 0 Å². The van der Waals surface area contributed by atoms with Crippen LogP contribution in [-0.4, -0.2) is 37.5 Å². The van der Waals surface area contributed by atoms with Crippen LogP contribution in [-0.2, 0) is 10.0 Å². The molecule has 0 aliphatic rings. The molecule has 1 aromatic carbocycles. The molecule has 0 aliphatic carbocycles. The molecule has 0 bridgehead atoms. The Morgan fingerprint density at radius 1 is 1.24 bits per heavy atom. The molecular weight excluding hydrogens is 353 g/mol. The van der Waals surface area contributed by atoms with Crippen LogP contribution < -0.4 is 0 Å². The lowest BCUT2D eigenvalue weighted by atomic mass is 10.4. The fraction of sp³-hybridized carbons (Fsp3) is 0.455. The summed E-state index contributed by atoms with van der Waals surface area (Å²) in [6.45, 7) is 2.31. The van der Waals surface area contributed by atoms with Crippen molar-refractivity contribution in [2.24, 2.45) is 0 Å². The molecule has 0 saturated carbocycles. The second kappa shape index (κ2) is 6.67. The number of sulfonamides is 1. The van der Waals surface area contributed by atoms with Gasteiger partial charge in [-0.05, 0) is 53.3 Å². The van der Waals surface area contributed by atoms with Crippen LogP contribution in [0.15, 0.2) is 29.2 Å². The first-order chi connectivity index (χ1) is 8.02. The summed E-state index contributed by atoms with van der Waals surface area (Å²) in [7, 11) is -3.47. The molecule has 0 spiro atoms. The van der Waals surface area contributed by atoms with E-state index in [4.69, 9.17) is 5.11 Å². The van der Waals surface area contributed by atoms with E-state index in [-0.39, 0.29) is 18.0 Å². The maximum absolute atomic E-state index is 12.2. The molecule has 4 nitrogen and oxygen atoms in total. The zero-order valence-electron chi connectivity index (χ0n) is 9.63. The van der Waals surface area contributed by atoms with Gasteiger partial charge in [0, 0.05) is 16.7 Å². The highest BCUT2D eigenvalue weighted by atomic mass is 127. The van der Waals surface area contributed by atoms with Crippen LogP contribution >= 0.6 is 22.6 Å². The van der Waals surface area contributed by atoms with E-state index in [0.29, 0.717) is 6.54 Å². The Morgan fingerprint density at radius 2 is 1.82 bits per heavy atom. The minimum atomic E-state index is -3.47. The van der Waals surface area contributed by atoms with Crippen molar-refractivity contribution in [1.29, 1.82) is 0 Å². The Bertz CT molecular complexity index is 438. The third kappa shape index (κ3) is 3.90. The molecule has 1 aromatic rings. The lowest BCUT2D eigenvalue weighted by molar-refractivity contribution is 0.253. The number of hydrogen-bond donors (Lipinski definition) is 1. The molecular formula is C11H16INO3S. The van der Waals surface area contributed by atoms with E-state index in [1.165, 1.54) is 4.31 Å². The monoisotopic (exact) mass is 369 g/mol. The van der Waals surface area contributed by atoms with Gasteiger partial charge in [-0.25, -0.2) is 8.42 Å². The second-order valence-corrected chi connectivity index (χ2v) is 6.77. The van der Waals surface area contributed by atoms with Gasteiger partial charge in [0.05, 0.1) is 11.5 Å². The van der Waals surface area contributed by atoms with Crippen molar-refractivity contribution in [3.63, 3.8) is 0 Å². The minimum absolute atomic E-state index is 0.141. The van der Waals surface area contributed by atoms with Gasteiger partial charge in [-0.1, -0.05) is 6.92 Å². The molecule has 0 aromatic heterocycles. The first-order valence-corrected chi connectivity index (χ1v) is 7.90. The molecule has 96 valence electrons. The third-order valence-corrected chi connectivity index (χ3v) is 4.91. The predicted molar refractivity (Wildman–Crippen MR) is 75.3 cm³/mol. The third-order valence-electron chi connectivity index (χ3n) is 2.27. The maximum Gasteiger partial charge on any atom is 0.243 e. The van der Waals surface area contributed by atoms with E-state index in [9.17, 15) is 8.42 Å². The molecule has 0 atom stereocenters. The predicted octanol–water partition coefficient (Wildman–Crippen LogP) is 1.68. The standard InChI is InChI=1S/C11H16INO3S/c1-2-7-13(8-9-14)17(15,16)11-5-3-10(12)4-6-11/h3-6,14H,2,7-9H2,1H3. The highest BCUT2D eigenvalue weighted by molar-refractivity contribution is 14.1. The van der Waals surface area contributed by atoms with Gasteiger partial charge in [0.1, 0.15) is 0 Å². The zero-order chi connectivity index (χ0) is 12.9. The maximum atomic E-state index is 12.2. The van der Waals surface area contributed by atoms with Gasteiger partial charge < -0.3 is 5.11 Å². The first kappa shape index (κ1) is 14.9. The molecule has 0 radical (unpaired) electrons. The minimum Gasteiger partial charge on any atom is -0.395 e. The number of benzene rings is 1. The fourth-order valence-electron chi connectivity index (χ4n) is 1.47. The smallest absolute Gasteiger partial charge is 0.243 e. The Kier molecular flexibility index (Phi) is 5.84. The number of rotatable bonds is 6. The molecule has 1 rings (SSSR count). The zero-order valence-corrected chi connectivity index (χ0v) is 12.6. The van der Waals surface area contributed by atoms with Crippen molar-refractivity contribution in [2.75, 3.05) is 19.7 Å². The summed E-state index contributed by atoms with van der Waals surface area (Å²) in [5.74, 6) is 0. The van der Waals surface area contributed by atoms with Gasteiger partial charge in [-0.15, -0.1) is 0 Å². The van der Waals surface area contributed by atoms with E-state index < -0.39 is 10.0 Å². The fourth-order valence-corrected chi connectivity index (χ4v) is 3.35. The molecule has 0 fully saturated rings. The lowest BCUT2D eigenvalue weighted by Gasteiger charge is -2.20. The topological polar surface area (TPSA) is 57.6 Å². The summed E-state index contributed by atoms with van der Waals surface area (Å²) in [6.07, 6.45) is 0.726. The van der Waals surface area contributed by atoms with Gasteiger partial charge in [0.2, 0.25) is 10.0 Å². The Labute approximate surface area is 116 Å². The molecule has 0 heterocycles. The summed E-state index contributed by atoms with van der Waals surface area (Å²) < 4.78 is 26.8. The number of aliphatic hydroxyl groups is 1. The van der Waals surface area contributed by atoms with Crippen LogP contribution in [0.25, 0.3) is 0 Å². The SMILES string of the molecule is CCCN(CCO)S(=O)(=O)c1ccc(I)cc1. The molecule has 0 amide bonds. The highest BCUT2D eigenvalue weighted by Gasteiger charge is 2.22. The number of aliphatic hydroxyl groups excluding tert-OH is 1. The van der Waals surface area contributed by atoms with E-state index in [1.807, 2.05) is 6.92 Å². The average Bonchev–Trinajstić information content (AvgIpc) is 2.29. The van der Waals surface area contributed by atoms with Crippen LogP contribution in [0, 0.1) is 3.57 Å². The van der Waals surface area contributed by atoms with Crippen molar-refractivity contribution in [1.82, 2.24) is 4.31 Å². The highest BCUT2D eigenvalue weighted by Crippen LogP contribution is 2.17. The van der Waals surface area contributed by atoms with Gasteiger partial charge in [0.15, 0.2) is 0 Å². The van der Waals surface area contributed by atoms with Crippen LogP contribution in [0.2, 0.25) is 0 Å². The number of nitrogens with zero attached hydrogens (tertiary/aromatic N) is 1. The lowest BCUT2D eigenvalue weighted by Crippen LogP contribution is -2.34. The molecule has 0 saturated heterocycles. The average molecular weight is 369 g/mol. The largest absolute Gasteiger partial charge is 0.395 e. The molecule has 0 aliphatic heterocycles. The van der Waals surface area contributed by atoms with E-state index in [0.717, 1.165) is 9.99 Å². The number of halogens is 1. The van der Waals surface area contributed by atoms with Crippen molar-refractivity contribution in [2.45, 2.75) is 18.2 Å². The summed E-state index contributed by atoms with van der Waals surface area (Å²) in [5, 5.41) is 8.91. The summed E-state index contributed by atoms with van der Waals surface area (Å²) >= 11 is 2.13. The molecule has 17 heavy (non-hydrogen) atoms. The quantitative estimate of drug-likeness (QED) is 0.777. The van der Waals surface area contributed by atoms with E-state index >= 15 is 0 Å². The number of hydrogen-bond acceptors (Lipinski definition) is 3. The summed E-state index contributed by atoms with van der Waals surface area (Å²) in [5.41, 5.74) is 0. The first-order valence-electron chi connectivity index (χ1n) is 5.39. The molecule has 0 unspecified atom stereocenters. The van der Waals surface area contributed by atoms with Gasteiger partial charge in [-0.2, -0.15) is 4.31 Å².